The second-order valence-electron chi connectivity index (χ2n) is 9.28. The molecule has 1 N–H and O–H groups in total. The smallest absolute Gasteiger partial charge is 0.388 e. The molecule has 0 spiro atoms. The van der Waals surface area contributed by atoms with Gasteiger partial charge in [0.2, 0.25) is 17.6 Å². The summed E-state index contributed by atoms with van der Waals surface area (Å²) < 4.78 is 35.7. The second kappa shape index (κ2) is 11.1. The van der Waals surface area contributed by atoms with Crippen molar-refractivity contribution < 1.29 is 27.8 Å². The lowest BCUT2D eigenvalue weighted by atomic mass is 9.69. The van der Waals surface area contributed by atoms with E-state index in [1.807, 2.05) is 43.0 Å². The molecule has 4 rings (SSSR count). The van der Waals surface area contributed by atoms with Crippen LogP contribution in [-0.4, -0.2) is 53.1 Å². The molecule has 1 aliphatic rings. The van der Waals surface area contributed by atoms with E-state index < -0.39 is 23.9 Å². The maximum atomic E-state index is 13.9. The molecule has 0 saturated carbocycles. The van der Waals surface area contributed by atoms with Crippen molar-refractivity contribution in [2.45, 2.75) is 45.6 Å². The summed E-state index contributed by atoms with van der Waals surface area (Å²) in [6, 6.07) is 12.4. The number of aryl methyl sites for hydroxylation is 1. The molecule has 1 saturated heterocycles. The Kier molecular flexibility index (Phi) is 7.84. The lowest BCUT2D eigenvalue weighted by Gasteiger charge is -2.50. The largest absolute Gasteiger partial charge is 0.460 e. The predicted molar refractivity (Wildman–Crippen MR) is 137 cm³/mol. The highest BCUT2D eigenvalue weighted by molar-refractivity contribution is 6.02. The van der Waals surface area contributed by atoms with E-state index in [1.165, 1.54) is 12.3 Å². The van der Waals surface area contributed by atoms with Crippen LogP contribution in [0.2, 0.25) is 0 Å². The number of pyridine rings is 1. The van der Waals surface area contributed by atoms with Gasteiger partial charge in [0.15, 0.2) is 0 Å². The van der Waals surface area contributed by atoms with Crippen LogP contribution < -0.4 is 15.0 Å². The zero-order valence-corrected chi connectivity index (χ0v) is 21.6. The summed E-state index contributed by atoms with van der Waals surface area (Å²) in [6.45, 7) is 4.96. The van der Waals surface area contributed by atoms with E-state index in [1.54, 1.807) is 26.0 Å². The average molecular weight is 526 g/mol. The fraction of sp³-hybridized carbons (Fsp3) is 0.370. The zero-order valence-electron chi connectivity index (χ0n) is 21.6. The number of esters is 1. The lowest BCUT2D eigenvalue weighted by molar-refractivity contribution is -0.122. The first kappa shape index (κ1) is 26.9. The predicted octanol–water partition coefficient (Wildman–Crippen LogP) is 4.48. The average Bonchev–Trinajstić information content (AvgIpc) is 2.85. The van der Waals surface area contributed by atoms with Gasteiger partial charge < -0.3 is 19.7 Å². The fourth-order valence-electron chi connectivity index (χ4n) is 4.50. The van der Waals surface area contributed by atoms with E-state index in [2.05, 4.69) is 25.0 Å². The summed E-state index contributed by atoms with van der Waals surface area (Å²) >= 11 is 0. The summed E-state index contributed by atoms with van der Waals surface area (Å²) in [7, 11) is 0. The molecule has 9 nitrogen and oxygen atoms in total. The van der Waals surface area contributed by atoms with Crippen LogP contribution in [0.25, 0.3) is 0 Å². The molecule has 1 fully saturated rings. The van der Waals surface area contributed by atoms with Crippen molar-refractivity contribution in [2.75, 3.05) is 29.9 Å². The van der Waals surface area contributed by atoms with Gasteiger partial charge in [0.25, 0.3) is 0 Å². The van der Waals surface area contributed by atoms with E-state index >= 15 is 0 Å². The normalized spacial score (nSPS) is 14.3. The number of aromatic nitrogens is 3. The van der Waals surface area contributed by atoms with E-state index in [-0.39, 0.29) is 43.0 Å². The van der Waals surface area contributed by atoms with E-state index in [0.717, 1.165) is 11.1 Å². The number of rotatable bonds is 9. The first-order valence-corrected chi connectivity index (χ1v) is 12.2. The number of hydrogen-bond donors (Lipinski definition) is 1. The summed E-state index contributed by atoms with van der Waals surface area (Å²) in [5.41, 5.74) is 1.29. The molecular formula is C27H29F2N5O4. The Bertz CT molecular complexity index is 1330. The van der Waals surface area contributed by atoms with Gasteiger partial charge in [-0.15, -0.1) is 0 Å². The maximum Gasteiger partial charge on any atom is 0.388 e. The van der Waals surface area contributed by atoms with E-state index in [9.17, 15) is 18.4 Å². The number of carbonyl (C=O) groups is 2. The minimum atomic E-state index is -3.10. The molecule has 3 aromatic rings. The topological polar surface area (TPSA) is 107 Å². The fourth-order valence-corrected chi connectivity index (χ4v) is 4.50. The maximum absolute atomic E-state index is 13.9. The molecule has 0 atom stereocenters. The molecule has 0 radical (unpaired) electrons. The number of ether oxygens (including phenoxy) is 2. The monoisotopic (exact) mass is 525 g/mol. The number of nitrogens with one attached hydrogen (secondary N) is 1. The van der Waals surface area contributed by atoms with Crippen molar-refractivity contribution in [3.05, 3.63) is 71.3 Å². The minimum Gasteiger partial charge on any atom is -0.460 e. The number of anilines is 2. The molecular weight excluding hydrogens is 496 g/mol. The Balaban J connectivity index is 1.69. The molecule has 38 heavy (non-hydrogen) atoms. The lowest BCUT2D eigenvalue weighted by Crippen LogP contribution is -2.65. The Morgan fingerprint density at radius 1 is 1.11 bits per heavy atom. The van der Waals surface area contributed by atoms with Crippen molar-refractivity contribution in [1.82, 2.24) is 15.0 Å². The SMILES string of the molecule is CCOC(=O)c1nccc(N2CC(C(=O)Nc3ccc(C)nc3OC(F)F)(c3ccccc3C(C)C)C2)n1. The highest BCUT2D eigenvalue weighted by atomic mass is 19.3. The Hall–Kier alpha value is -4.15. The molecule has 0 aliphatic carbocycles. The molecule has 200 valence electrons. The van der Waals surface area contributed by atoms with Gasteiger partial charge >= 0.3 is 12.6 Å². The van der Waals surface area contributed by atoms with Crippen molar-refractivity contribution in [2.24, 2.45) is 0 Å². The molecule has 1 aromatic carbocycles. The first-order chi connectivity index (χ1) is 18.1. The van der Waals surface area contributed by atoms with Gasteiger partial charge in [-0.3, -0.25) is 4.79 Å². The number of halogens is 2. The third-order valence-corrected chi connectivity index (χ3v) is 6.33. The number of amides is 1. The van der Waals surface area contributed by atoms with Gasteiger partial charge in [-0.05, 0) is 49.1 Å². The highest BCUT2D eigenvalue weighted by Gasteiger charge is 2.52. The van der Waals surface area contributed by atoms with Crippen LogP contribution >= 0.6 is 0 Å². The molecule has 0 unspecified atom stereocenters. The van der Waals surface area contributed by atoms with Crippen LogP contribution in [0.5, 0.6) is 5.88 Å². The quantitative estimate of drug-likeness (QED) is 0.408. The Morgan fingerprint density at radius 3 is 2.53 bits per heavy atom. The van der Waals surface area contributed by atoms with Crippen molar-refractivity contribution in [3.8, 4) is 5.88 Å². The molecule has 11 heteroatoms. The third kappa shape index (κ3) is 5.41. The van der Waals surface area contributed by atoms with Gasteiger partial charge in [0.1, 0.15) is 16.9 Å². The Labute approximate surface area is 219 Å². The Morgan fingerprint density at radius 2 is 1.84 bits per heavy atom. The van der Waals surface area contributed by atoms with E-state index in [4.69, 9.17) is 4.74 Å². The third-order valence-electron chi connectivity index (χ3n) is 6.33. The standard InChI is InChI=1S/C27H29F2N5O4/c1-5-37-24(35)22-30-13-12-21(33-22)34-14-27(15-34,19-9-7-6-8-18(19)16(2)3)25(36)32-20-11-10-17(4)31-23(20)38-26(28)29/h6-13,16,26H,5,14-15H2,1-4H3,(H,32,36). The van der Waals surface area contributed by atoms with Crippen LogP contribution in [-0.2, 0) is 14.9 Å². The number of alkyl halides is 2. The van der Waals surface area contributed by atoms with E-state index in [0.29, 0.717) is 11.5 Å². The number of nitrogens with zero attached hydrogens (tertiary/aromatic N) is 4. The van der Waals surface area contributed by atoms with Crippen LogP contribution in [0.1, 0.15) is 54.1 Å². The van der Waals surface area contributed by atoms with Gasteiger partial charge in [-0.25, -0.2) is 19.7 Å². The summed E-state index contributed by atoms with van der Waals surface area (Å²) in [6.07, 6.45) is 1.46. The van der Waals surface area contributed by atoms with Crippen molar-refractivity contribution in [1.29, 1.82) is 0 Å². The van der Waals surface area contributed by atoms with Crippen molar-refractivity contribution in [3.63, 3.8) is 0 Å². The minimum absolute atomic E-state index is 0.0485. The highest BCUT2D eigenvalue weighted by Crippen LogP contribution is 2.42. The molecule has 2 aromatic heterocycles. The summed E-state index contributed by atoms with van der Waals surface area (Å²) in [5, 5.41) is 2.78. The molecule has 0 bridgehead atoms. The molecule has 1 aliphatic heterocycles. The van der Waals surface area contributed by atoms with Crippen LogP contribution in [0.4, 0.5) is 20.3 Å². The van der Waals surface area contributed by atoms with Crippen molar-refractivity contribution >= 4 is 23.4 Å². The number of hydrogen-bond acceptors (Lipinski definition) is 8. The van der Waals surface area contributed by atoms with Crippen LogP contribution in [0.3, 0.4) is 0 Å². The zero-order chi connectivity index (χ0) is 27.4. The molecule has 3 heterocycles. The van der Waals surface area contributed by atoms with Crippen LogP contribution in [0, 0.1) is 6.92 Å². The first-order valence-electron chi connectivity index (χ1n) is 12.2. The second-order valence-corrected chi connectivity index (χ2v) is 9.28. The number of carbonyl (C=O) groups excluding carboxylic acids is 2. The summed E-state index contributed by atoms with van der Waals surface area (Å²) in [4.78, 5) is 40.3. The molecule has 1 amide bonds. The van der Waals surface area contributed by atoms with Gasteiger partial charge in [0.05, 0.1) is 6.61 Å². The van der Waals surface area contributed by atoms with Crippen LogP contribution in [0.15, 0.2) is 48.7 Å². The summed E-state index contributed by atoms with van der Waals surface area (Å²) in [5.74, 6) is -0.876. The number of benzene rings is 1. The van der Waals surface area contributed by atoms with Gasteiger partial charge in [0, 0.05) is 25.0 Å². The van der Waals surface area contributed by atoms with Gasteiger partial charge in [-0.2, -0.15) is 8.78 Å². The van der Waals surface area contributed by atoms with Gasteiger partial charge in [-0.1, -0.05) is 38.1 Å².